The summed E-state index contributed by atoms with van der Waals surface area (Å²) in [5.41, 5.74) is -0.428. The van der Waals surface area contributed by atoms with E-state index < -0.39 is 5.54 Å². The molecule has 5 heteroatoms. The van der Waals surface area contributed by atoms with Crippen molar-refractivity contribution in [2.75, 3.05) is 20.1 Å². The Morgan fingerprint density at radius 1 is 1.53 bits per heavy atom. The van der Waals surface area contributed by atoms with Gasteiger partial charge >= 0.3 is 0 Å². The average molecular weight is 210 g/mol. The molecule has 0 aromatic heterocycles. The number of likely N-dealkylation sites (N-methyl/N-ethyl adjacent to an activating group) is 1. The van der Waals surface area contributed by atoms with E-state index in [4.69, 9.17) is 0 Å². The van der Waals surface area contributed by atoms with E-state index in [0.29, 0.717) is 5.96 Å². The molecule has 2 rings (SSSR count). The zero-order chi connectivity index (χ0) is 11.1. The van der Waals surface area contributed by atoms with E-state index in [1.54, 1.807) is 0 Å². The molecule has 1 amide bonds. The first-order valence-corrected chi connectivity index (χ1v) is 5.38. The molecule has 2 heterocycles. The van der Waals surface area contributed by atoms with Crippen molar-refractivity contribution in [1.29, 1.82) is 0 Å². The lowest BCUT2D eigenvalue weighted by Gasteiger charge is -2.19. The summed E-state index contributed by atoms with van der Waals surface area (Å²) < 4.78 is 0. The van der Waals surface area contributed by atoms with Gasteiger partial charge in [-0.05, 0) is 27.3 Å². The molecule has 0 saturated carbocycles. The summed E-state index contributed by atoms with van der Waals surface area (Å²) in [6.07, 6.45) is 0.854. The molecule has 15 heavy (non-hydrogen) atoms. The highest BCUT2D eigenvalue weighted by Crippen LogP contribution is 2.23. The van der Waals surface area contributed by atoms with Crippen LogP contribution < -0.4 is 10.6 Å². The van der Waals surface area contributed by atoms with Gasteiger partial charge in [0.2, 0.25) is 0 Å². The number of amides is 1. The predicted molar refractivity (Wildman–Crippen MR) is 58.7 cm³/mol. The van der Waals surface area contributed by atoms with Gasteiger partial charge in [0.15, 0.2) is 5.96 Å². The van der Waals surface area contributed by atoms with Crippen LogP contribution in [0.2, 0.25) is 0 Å². The zero-order valence-electron chi connectivity index (χ0n) is 9.50. The van der Waals surface area contributed by atoms with Crippen LogP contribution in [0.1, 0.15) is 20.3 Å². The summed E-state index contributed by atoms with van der Waals surface area (Å²) in [7, 11) is 2.03. The van der Waals surface area contributed by atoms with Gasteiger partial charge in [-0.15, -0.1) is 0 Å². The quantitative estimate of drug-likeness (QED) is 0.616. The molecule has 2 fully saturated rings. The fourth-order valence-corrected chi connectivity index (χ4v) is 2.15. The van der Waals surface area contributed by atoms with Gasteiger partial charge in [-0.25, -0.2) is 0 Å². The van der Waals surface area contributed by atoms with Gasteiger partial charge in [-0.2, -0.15) is 0 Å². The standard InChI is InChI=1S/C10H18N4O/c1-7(2)11-9-12-8(15)10(13-9)4-5-14(3)6-10/h7H,4-6H2,1-3H3,(H2,11,12,13,15). The molecule has 1 spiro atoms. The second-order valence-electron chi connectivity index (χ2n) is 4.72. The number of aliphatic imine (C=N–C) groups is 1. The van der Waals surface area contributed by atoms with E-state index in [1.165, 1.54) is 0 Å². The number of nitrogens with zero attached hydrogens (tertiary/aromatic N) is 2. The van der Waals surface area contributed by atoms with E-state index >= 15 is 0 Å². The van der Waals surface area contributed by atoms with Crippen molar-refractivity contribution in [3.63, 3.8) is 0 Å². The Morgan fingerprint density at radius 2 is 2.27 bits per heavy atom. The third-order valence-electron chi connectivity index (χ3n) is 2.87. The number of hydrogen-bond acceptors (Lipinski definition) is 3. The van der Waals surface area contributed by atoms with Crippen molar-refractivity contribution in [3.05, 3.63) is 0 Å². The maximum Gasteiger partial charge on any atom is 0.253 e. The summed E-state index contributed by atoms with van der Waals surface area (Å²) in [5.74, 6) is 0.691. The summed E-state index contributed by atoms with van der Waals surface area (Å²) in [5, 5.41) is 6.04. The summed E-state index contributed by atoms with van der Waals surface area (Å²) in [6.45, 7) is 5.70. The van der Waals surface area contributed by atoms with Gasteiger partial charge in [-0.1, -0.05) is 0 Å². The van der Waals surface area contributed by atoms with Gasteiger partial charge in [-0.3, -0.25) is 15.1 Å². The second kappa shape index (κ2) is 3.48. The van der Waals surface area contributed by atoms with Crippen LogP contribution in [0.15, 0.2) is 4.99 Å². The lowest BCUT2D eigenvalue weighted by molar-refractivity contribution is -0.123. The molecule has 0 radical (unpaired) electrons. The number of guanidine groups is 1. The zero-order valence-corrected chi connectivity index (χ0v) is 9.50. The summed E-state index contributed by atoms with van der Waals surface area (Å²) >= 11 is 0. The Labute approximate surface area is 89.9 Å². The molecule has 2 aliphatic rings. The Bertz CT molecular complexity index is 313. The largest absolute Gasteiger partial charge is 0.340 e. The molecule has 0 aliphatic carbocycles. The van der Waals surface area contributed by atoms with Crippen LogP contribution in [0, 0.1) is 0 Å². The number of carbonyl (C=O) groups is 1. The molecule has 1 atom stereocenters. The van der Waals surface area contributed by atoms with Crippen molar-refractivity contribution < 1.29 is 4.79 Å². The Hall–Kier alpha value is -1.10. The summed E-state index contributed by atoms with van der Waals surface area (Å²) in [6, 6.07) is 0.196. The van der Waals surface area contributed by atoms with Crippen molar-refractivity contribution in [2.45, 2.75) is 31.8 Å². The normalized spacial score (nSPS) is 34.1. The van der Waals surface area contributed by atoms with Crippen LogP contribution in [0.4, 0.5) is 0 Å². The third kappa shape index (κ3) is 1.84. The first-order chi connectivity index (χ1) is 7.02. The highest BCUT2D eigenvalue weighted by atomic mass is 16.2. The maximum atomic E-state index is 11.9. The lowest BCUT2D eigenvalue weighted by Crippen LogP contribution is -2.48. The molecular weight excluding hydrogens is 192 g/mol. The Kier molecular flexibility index (Phi) is 2.42. The van der Waals surface area contributed by atoms with Crippen LogP contribution in [-0.4, -0.2) is 48.5 Å². The molecule has 2 N–H and O–H groups in total. The van der Waals surface area contributed by atoms with Crippen LogP contribution >= 0.6 is 0 Å². The lowest BCUT2D eigenvalue weighted by atomic mass is 10.00. The molecule has 2 aliphatic heterocycles. The van der Waals surface area contributed by atoms with E-state index in [-0.39, 0.29) is 11.9 Å². The number of hydrogen-bond donors (Lipinski definition) is 2. The highest BCUT2D eigenvalue weighted by molar-refractivity contribution is 6.09. The Morgan fingerprint density at radius 3 is 2.80 bits per heavy atom. The molecule has 84 valence electrons. The fraction of sp³-hybridized carbons (Fsp3) is 0.800. The first kappa shape index (κ1) is 10.4. The SMILES string of the molecule is CC(C)N=C1NC(=O)C2(CCN(C)C2)N1. The number of rotatable bonds is 1. The van der Waals surface area contributed by atoms with Crippen LogP contribution in [0.3, 0.4) is 0 Å². The van der Waals surface area contributed by atoms with Crippen LogP contribution in [0.25, 0.3) is 0 Å². The minimum atomic E-state index is -0.428. The smallest absolute Gasteiger partial charge is 0.253 e. The minimum absolute atomic E-state index is 0.0613. The van der Waals surface area contributed by atoms with E-state index in [0.717, 1.165) is 19.5 Å². The van der Waals surface area contributed by atoms with Gasteiger partial charge < -0.3 is 10.2 Å². The number of nitrogens with one attached hydrogen (secondary N) is 2. The molecule has 0 aromatic rings. The van der Waals surface area contributed by atoms with E-state index in [9.17, 15) is 4.79 Å². The van der Waals surface area contributed by atoms with Gasteiger partial charge in [0.25, 0.3) is 5.91 Å². The monoisotopic (exact) mass is 210 g/mol. The van der Waals surface area contributed by atoms with Crippen LogP contribution in [-0.2, 0) is 4.79 Å². The van der Waals surface area contributed by atoms with Crippen molar-refractivity contribution >= 4 is 11.9 Å². The fourth-order valence-electron chi connectivity index (χ4n) is 2.15. The molecule has 2 saturated heterocycles. The number of carbonyl (C=O) groups excluding carboxylic acids is 1. The average Bonchev–Trinajstić information content (AvgIpc) is 2.58. The molecule has 5 nitrogen and oxygen atoms in total. The highest BCUT2D eigenvalue weighted by Gasteiger charge is 2.48. The molecular formula is C10H18N4O. The predicted octanol–water partition coefficient (Wildman–Crippen LogP) is -0.455. The molecule has 1 unspecified atom stereocenters. The topological polar surface area (TPSA) is 56.7 Å². The minimum Gasteiger partial charge on any atom is -0.340 e. The van der Waals surface area contributed by atoms with Crippen LogP contribution in [0.5, 0.6) is 0 Å². The van der Waals surface area contributed by atoms with E-state index in [2.05, 4.69) is 20.5 Å². The van der Waals surface area contributed by atoms with Crippen molar-refractivity contribution in [2.24, 2.45) is 4.99 Å². The molecule has 0 aromatic carbocycles. The third-order valence-corrected chi connectivity index (χ3v) is 2.87. The first-order valence-electron chi connectivity index (χ1n) is 5.38. The van der Waals surface area contributed by atoms with Gasteiger partial charge in [0.1, 0.15) is 5.54 Å². The van der Waals surface area contributed by atoms with Crippen molar-refractivity contribution in [1.82, 2.24) is 15.5 Å². The Balaban J connectivity index is 2.14. The maximum absolute atomic E-state index is 11.9. The second-order valence-corrected chi connectivity index (χ2v) is 4.72. The van der Waals surface area contributed by atoms with Crippen molar-refractivity contribution in [3.8, 4) is 0 Å². The van der Waals surface area contributed by atoms with Gasteiger partial charge in [0, 0.05) is 19.1 Å². The number of likely N-dealkylation sites (tertiary alicyclic amines) is 1. The van der Waals surface area contributed by atoms with E-state index in [1.807, 2.05) is 20.9 Å². The summed E-state index contributed by atoms with van der Waals surface area (Å²) in [4.78, 5) is 18.3. The van der Waals surface area contributed by atoms with Gasteiger partial charge in [0.05, 0.1) is 0 Å². The molecule has 0 bridgehead atoms.